The van der Waals surface area contributed by atoms with Gasteiger partial charge in [0.25, 0.3) is 11.8 Å². The molecule has 7 nitrogen and oxygen atoms in total. The van der Waals surface area contributed by atoms with E-state index < -0.39 is 11.8 Å². The van der Waals surface area contributed by atoms with Crippen LogP contribution < -0.4 is 20.1 Å². The van der Waals surface area contributed by atoms with Gasteiger partial charge in [0.2, 0.25) is 0 Å². The summed E-state index contributed by atoms with van der Waals surface area (Å²) in [6.07, 6.45) is 4.79. The molecule has 0 radical (unpaired) electrons. The molecule has 0 unspecified atom stereocenters. The van der Waals surface area contributed by atoms with Crippen LogP contribution >= 0.6 is 0 Å². The Morgan fingerprint density at radius 1 is 0.780 bits per heavy atom. The Balaban J connectivity index is 1.51. The number of hydrogen-bond donors (Lipinski definition) is 2. The van der Waals surface area contributed by atoms with Gasteiger partial charge in [-0.05, 0) is 79.2 Å². The van der Waals surface area contributed by atoms with Crippen molar-refractivity contribution in [2.24, 2.45) is 0 Å². The van der Waals surface area contributed by atoms with Gasteiger partial charge < -0.3 is 20.1 Å². The van der Waals surface area contributed by atoms with Gasteiger partial charge in [-0.2, -0.15) is 0 Å². The summed E-state index contributed by atoms with van der Waals surface area (Å²) >= 11 is 0. The summed E-state index contributed by atoms with van der Waals surface area (Å²) in [5.41, 5.74) is 2.88. The average molecular weight is 547 g/mol. The molecule has 0 aliphatic rings. The fraction of sp³-hybridized carbons (Fsp3) is 0.0882. The third kappa shape index (κ3) is 8.03. The second-order valence-corrected chi connectivity index (χ2v) is 8.85. The molecule has 7 heteroatoms. The SMILES string of the molecule is CCOc1ccccc1/C=C(\NC(=O)c1ccccc1)C(=O)Nc1ccc(C(=O)/C=C/c2ccc(OC)cc2)cc1. The molecule has 4 aromatic carbocycles. The van der Waals surface area contributed by atoms with E-state index in [1.54, 1.807) is 79.9 Å². The summed E-state index contributed by atoms with van der Waals surface area (Å²) in [6, 6.07) is 29.8. The van der Waals surface area contributed by atoms with E-state index in [9.17, 15) is 14.4 Å². The van der Waals surface area contributed by atoms with Crippen LogP contribution in [0.2, 0.25) is 0 Å². The van der Waals surface area contributed by atoms with Crippen LogP contribution in [0.4, 0.5) is 5.69 Å². The molecule has 0 aliphatic carbocycles. The van der Waals surface area contributed by atoms with Crippen LogP contribution in [-0.2, 0) is 4.79 Å². The zero-order valence-electron chi connectivity index (χ0n) is 22.8. The molecular weight excluding hydrogens is 516 g/mol. The maximum absolute atomic E-state index is 13.4. The van der Waals surface area contributed by atoms with Gasteiger partial charge in [0, 0.05) is 22.4 Å². The number of nitrogens with one attached hydrogen (secondary N) is 2. The second kappa shape index (κ2) is 14.1. The van der Waals surface area contributed by atoms with Gasteiger partial charge in [0.15, 0.2) is 5.78 Å². The van der Waals surface area contributed by atoms with Crippen molar-refractivity contribution in [3.63, 3.8) is 0 Å². The van der Waals surface area contributed by atoms with Crippen molar-refractivity contribution in [2.75, 3.05) is 19.0 Å². The Morgan fingerprint density at radius 3 is 2.15 bits per heavy atom. The first-order valence-corrected chi connectivity index (χ1v) is 13.0. The minimum absolute atomic E-state index is 0.0357. The monoisotopic (exact) mass is 546 g/mol. The molecule has 206 valence electrons. The van der Waals surface area contributed by atoms with Crippen molar-refractivity contribution in [1.82, 2.24) is 5.32 Å². The molecule has 4 rings (SSSR count). The number of allylic oxidation sites excluding steroid dienone is 1. The number of para-hydroxylation sites is 1. The van der Waals surface area contributed by atoms with Crippen LogP contribution in [0.25, 0.3) is 12.2 Å². The van der Waals surface area contributed by atoms with E-state index in [0.717, 1.165) is 11.3 Å². The van der Waals surface area contributed by atoms with E-state index in [1.165, 1.54) is 6.08 Å². The molecule has 0 heterocycles. The first-order chi connectivity index (χ1) is 20.0. The molecule has 0 aromatic heterocycles. The quantitative estimate of drug-likeness (QED) is 0.168. The number of ether oxygens (including phenoxy) is 2. The average Bonchev–Trinajstić information content (AvgIpc) is 3.01. The van der Waals surface area contributed by atoms with Crippen molar-refractivity contribution in [3.05, 3.63) is 137 Å². The smallest absolute Gasteiger partial charge is 0.272 e. The maximum Gasteiger partial charge on any atom is 0.272 e. The number of rotatable bonds is 11. The number of carbonyl (C=O) groups is 3. The Kier molecular flexibility index (Phi) is 9.82. The van der Waals surface area contributed by atoms with E-state index in [2.05, 4.69) is 10.6 Å². The van der Waals surface area contributed by atoms with E-state index in [1.807, 2.05) is 49.4 Å². The third-order valence-electron chi connectivity index (χ3n) is 6.02. The molecule has 41 heavy (non-hydrogen) atoms. The van der Waals surface area contributed by atoms with Gasteiger partial charge >= 0.3 is 0 Å². The van der Waals surface area contributed by atoms with Crippen LogP contribution in [0.15, 0.2) is 115 Å². The lowest BCUT2D eigenvalue weighted by Crippen LogP contribution is -2.30. The fourth-order valence-corrected chi connectivity index (χ4v) is 3.88. The summed E-state index contributed by atoms with van der Waals surface area (Å²) in [5, 5.41) is 5.53. The van der Waals surface area contributed by atoms with Crippen LogP contribution in [0.1, 0.15) is 38.8 Å². The number of hydrogen-bond acceptors (Lipinski definition) is 5. The molecule has 2 amide bonds. The van der Waals surface area contributed by atoms with E-state index in [-0.39, 0.29) is 11.5 Å². The number of ketones is 1. The predicted octanol–water partition coefficient (Wildman–Crippen LogP) is 6.40. The number of carbonyl (C=O) groups excluding carboxylic acids is 3. The van der Waals surface area contributed by atoms with Crippen molar-refractivity contribution in [3.8, 4) is 11.5 Å². The summed E-state index contributed by atoms with van der Waals surface area (Å²) in [5.74, 6) is 0.188. The van der Waals surface area contributed by atoms with Crippen LogP contribution in [0.3, 0.4) is 0 Å². The fourth-order valence-electron chi connectivity index (χ4n) is 3.88. The lowest BCUT2D eigenvalue weighted by atomic mass is 10.1. The highest BCUT2D eigenvalue weighted by Crippen LogP contribution is 2.22. The maximum atomic E-state index is 13.4. The standard InChI is InChI=1S/C34H30N2O5/c1-3-41-32-12-8-7-11-27(32)23-30(36-33(38)26-9-5-4-6-10-26)34(39)35-28-18-16-25(17-19-28)31(37)22-15-24-13-20-29(40-2)21-14-24/h4-23H,3H2,1-2H3,(H,35,39)(H,36,38)/b22-15+,30-23-. The lowest BCUT2D eigenvalue weighted by Gasteiger charge is -2.13. The largest absolute Gasteiger partial charge is 0.497 e. The van der Waals surface area contributed by atoms with Gasteiger partial charge in [-0.1, -0.05) is 54.6 Å². The van der Waals surface area contributed by atoms with Gasteiger partial charge in [0.05, 0.1) is 13.7 Å². The highest BCUT2D eigenvalue weighted by molar-refractivity contribution is 6.11. The van der Waals surface area contributed by atoms with E-state index in [4.69, 9.17) is 9.47 Å². The van der Waals surface area contributed by atoms with Crippen LogP contribution in [0, 0.1) is 0 Å². The highest BCUT2D eigenvalue weighted by Gasteiger charge is 2.16. The summed E-state index contributed by atoms with van der Waals surface area (Å²) in [6.45, 7) is 2.32. The zero-order valence-corrected chi connectivity index (χ0v) is 22.8. The van der Waals surface area contributed by atoms with Crippen molar-refractivity contribution >= 4 is 35.4 Å². The van der Waals surface area contributed by atoms with Gasteiger partial charge in [-0.15, -0.1) is 0 Å². The molecule has 0 atom stereocenters. The molecule has 0 aliphatic heterocycles. The lowest BCUT2D eigenvalue weighted by molar-refractivity contribution is -0.113. The van der Waals surface area contributed by atoms with E-state index >= 15 is 0 Å². The number of benzene rings is 4. The molecule has 0 fully saturated rings. The molecule has 0 saturated carbocycles. The first kappa shape index (κ1) is 28.6. The summed E-state index contributed by atoms with van der Waals surface area (Å²) in [7, 11) is 1.60. The molecule has 0 bridgehead atoms. The Hall–Kier alpha value is -5.43. The molecule has 2 N–H and O–H groups in total. The normalized spacial score (nSPS) is 11.1. The molecule has 4 aromatic rings. The topological polar surface area (TPSA) is 93.7 Å². The number of anilines is 1. The minimum atomic E-state index is -0.529. The molecular formula is C34H30N2O5. The van der Waals surface area contributed by atoms with Gasteiger partial charge in [-0.25, -0.2) is 0 Å². The van der Waals surface area contributed by atoms with Gasteiger partial charge in [-0.3, -0.25) is 14.4 Å². The summed E-state index contributed by atoms with van der Waals surface area (Å²) in [4.78, 5) is 38.9. The van der Waals surface area contributed by atoms with Crippen LogP contribution in [0.5, 0.6) is 11.5 Å². The molecule has 0 spiro atoms. The van der Waals surface area contributed by atoms with Crippen LogP contribution in [-0.4, -0.2) is 31.3 Å². The minimum Gasteiger partial charge on any atom is -0.497 e. The van der Waals surface area contributed by atoms with Crippen molar-refractivity contribution in [2.45, 2.75) is 6.92 Å². The van der Waals surface area contributed by atoms with Crippen molar-refractivity contribution in [1.29, 1.82) is 0 Å². The summed E-state index contributed by atoms with van der Waals surface area (Å²) < 4.78 is 10.8. The highest BCUT2D eigenvalue weighted by atomic mass is 16.5. The second-order valence-electron chi connectivity index (χ2n) is 8.85. The third-order valence-corrected chi connectivity index (χ3v) is 6.02. The first-order valence-electron chi connectivity index (χ1n) is 13.0. The Labute approximate surface area is 239 Å². The number of amides is 2. The Bertz CT molecular complexity index is 1560. The zero-order chi connectivity index (χ0) is 29.0. The Morgan fingerprint density at radius 2 is 1.46 bits per heavy atom. The molecule has 0 saturated heterocycles. The van der Waals surface area contributed by atoms with Crippen molar-refractivity contribution < 1.29 is 23.9 Å². The predicted molar refractivity (Wildman–Crippen MR) is 161 cm³/mol. The van der Waals surface area contributed by atoms with Gasteiger partial charge in [0.1, 0.15) is 17.2 Å². The number of methoxy groups -OCH3 is 1. The van der Waals surface area contributed by atoms with E-state index in [0.29, 0.717) is 34.7 Å².